The third-order valence-electron chi connectivity index (χ3n) is 15.7. The number of ether oxygens (including phenoxy) is 4. The van der Waals surface area contributed by atoms with Crippen molar-refractivity contribution in [1.82, 2.24) is 0 Å². The second-order valence-electron chi connectivity index (χ2n) is 23.3. The molecule has 0 saturated heterocycles. The van der Waals surface area contributed by atoms with E-state index in [2.05, 4.69) is 104 Å². The lowest BCUT2D eigenvalue weighted by Gasteiger charge is -2.25. The predicted molar refractivity (Wildman–Crippen MR) is 358 cm³/mol. The molecule has 0 amide bonds. The van der Waals surface area contributed by atoms with Gasteiger partial charge in [0.25, 0.3) is 0 Å². The van der Waals surface area contributed by atoms with Crippen LogP contribution in [0.1, 0.15) is 276 Å². The van der Waals surface area contributed by atoms with Gasteiger partial charge in [-0.25, -0.2) is 0 Å². The van der Waals surface area contributed by atoms with E-state index in [0.717, 1.165) is 167 Å². The average Bonchev–Trinajstić information content (AvgIpc) is 3.26. The zero-order chi connectivity index (χ0) is 60.3. The van der Waals surface area contributed by atoms with E-state index in [-0.39, 0.29) is 0 Å². The van der Waals surface area contributed by atoms with E-state index >= 15 is 0 Å². The normalized spacial score (nSPS) is 13.1. The Morgan fingerprint density at radius 2 is 0.452 bits per heavy atom. The van der Waals surface area contributed by atoms with E-state index in [1.54, 1.807) is 0 Å². The molecule has 0 spiro atoms. The first-order valence-electron chi connectivity index (χ1n) is 33.4. The van der Waals surface area contributed by atoms with Crippen LogP contribution >= 0.6 is 0 Å². The molecule has 0 heterocycles. The number of aliphatic imine (C=N–C) groups is 4. The van der Waals surface area contributed by atoms with Crippen molar-refractivity contribution in [2.45, 2.75) is 235 Å². The topological polar surface area (TPSA) is 190 Å². The minimum absolute atomic E-state index is 0.457. The van der Waals surface area contributed by atoms with Crippen molar-refractivity contribution in [2.24, 2.45) is 42.9 Å². The van der Waals surface area contributed by atoms with Gasteiger partial charge in [0.1, 0.15) is 46.3 Å². The fourth-order valence-electron chi connectivity index (χ4n) is 11.1. The Bertz CT molecular complexity index is 2250. The van der Waals surface area contributed by atoms with Gasteiger partial charge < -0.3 is 41.9 Å². The van der Waals surface area contributed by atoms with Gasteiger partial charge in [-0.15, -0.1) is 0 Å². The van der Waals surface area contributed by atoms with Gasteiger partial charge in [0, 0.05) is 74.1 Å². The van der Waals surface area contributed by atoms with Gasteiger partial charge in [0.05, 0.1) is 26.4 Å². The van der Waals surface area contributed by atoms with Crippen LogP contribution in [0.4, 0.5) is 0 Å². The molecule has 464 valence electrons. The Morgan fingerprint density at radius 3 is 0.619 bits per heavy atom. The van der Waals surface area contributed by atoms with Crippen LogP contribution in [0.25, 0.3) is 0 Å². The van der Waals surface area contributed by atoms with E-state index in [4.69, 9.17) is 61.9 Å². The van der Waals surface area contributed by atoms with Gasteiger partial charge in [-0.1, -0.05) is 158 Å². The van der Waals surface area contributed by atoms with E-state index in [1.807, 2.05) is 0 Å². The van der Waals surface area contributed by atoms with E-state index in [1.165, 1.54) is 77.0 Å². The monoisotopic (exact) mass is 1150 g/mol. The maximum absolute atomic E-state index is 7.15. The summed E-state index contributed by atoms with van der Waals surface area (Å²) in [7, 11) is 0. The summed E-state index contributed by atoms with van der Waals surface area (Å²) in [5, 5.41) is 0. The number of hydrogen-bond acceptors (Lipinski definition) is 8. The van der Waals surface area contributed by atoms with Gasteiger partial charge in [-0.2, -0.15) is 0 Å². The van der Waals surface area contributed by atoms with Crippen LogP contribution in [0.3, 0.4) is 0 Å². The molecule has 0 saturated carbocycles. The molecule has 4 aromatic carbocycles. The highest BCUT2D eigenvalue weighted by molar-refractivity contribution is 6.00. The molecular weight excluding hydrogens is 1040 g/mol. The number of amidine groups is 4. The number of rotatable bonds is 40. The Kier molecular flexibility index (Phi) is 32.4. The van der Waals surface area contributed by atoms with Crippen molar-refractivity contribution < 1.29 is 18.9 Å². The first-order valence-corrected chi connectivity index (χ1v) is 33.4. The van der Waals surface area contributed by atoms with Crippen LogP contribution in [0.2, 0.25) is 0 Å². The van der Waals surface area contributed by atoms with Crippen LogP contribution in [-0.4, -0.2) is 75.9 Å². The lowest BCUT2D eigenvalue weighted by molar-refractivity contribution is 0.304. The number of nitrogens with two attached hydrogens (primary N) is 4. The summed E-state index contributed by atoms with van der Waals surface area (Å²) in [6.45, 7) is 22.3. The molecule has 0 fully saturated rings. The van der Waals surface area contributed by atoms with E-state index < -0.39 is 0 Å². The summed E-state index contributed by atoms with van der Waals surface area (Å²) in [5.74, 6) is 5.30. The summed E-state index contributed by atoms with van der Waals surface area (Å²) < 4.78 is 28.2. The fourth-order valence-corrected chi connectivity index (χ4v) is 11.1. The number of benzene rings is 4. The highest BCUT2D eigenvalue weighted by Gasteiger charge is 2.26. The Labute approximate surface area is 509 Å². The number of hydrogen-bond donors (Lipinski definition) is 4. The highest BCUT2D eigenvalue weighted by atomic mass is 16.5. The van der Waals surface area contributed by atoms with Crippen LogP contribution < -0.4 is 41.9 Å². The standard InChI is InChI=1S/C72H112N8O4/c1-9-17-21-25-29-33-77-69(73)61-45-53-41-55-47-62(70(74)78-34-30-26-22-18-10-2)49-57(66(55)82-38-14-6)43-59-51-64(72(76)80-36-32-28-24-20-12-4)52-60(68(59)84-40-16-8)44-58-50-63(71(75)79-35-31-27-23-19-11-3)48-56(67(58)83-39-15-7)42-54(46-61)65(53)81-37-13-5/h45-52H,9-44H2,1-8H3,(H2,73,77)(H2,74,78)(H2,75,79)(H2,76,80). The first-order chi connectivity index (χ1) is 41.0. The summed E-state index contributed by atoms with van der Waals surface area (Å²) in [6, 6.07) is 17.5. The van der Waals surface area contributed by atoms with Crippen molar-refractivity contribution >= 4 is 23.3 Å². The third-order valence-corrected chi connectivity index (χ3v) is 15.7. The molecule has 1 aliphatic carbocycles. The van der Waals surface area contributed by atoms with Crippen molar-refractivity contribution in [1.29, 1.82) is 0 Å². The zero-order valence-corrected chi connectivity index (χ0v) is 53.8. The molecule has 84 heavy (non-hydrogen) atoms. The maximum Gasteiger partial charge on any atom is 0.126 e. The number of unbranched alkanes of at least 4 members (excludes halogenated alkanes) is 16. The molecule has 5 rings (SSSR count). The maximum atomic E-state index is 7.15. The lowest BCUT2D eigenvalue weighted by Crippen LogP contribution is -2.19. The quantitative estimate of drug-likeness (QED) is 0.0169. The summed E-state index contributed by atoms with van der Waals surface area (Å²) >= 11 is 0. The highest BCUT2D eigenvalue weighted by Crippen LogP contribution is 2.41. The molecule has 12 heteroatoms. The van der Waals surface area contributed by atoms with Gasteiger partial charge in [-0.3, -0.25) is 20.0 Å². The van der Waals surface area contributed by atoms with Crippen LogP contribution in [-0.2, 0) is 25.7 Å². The second-order valence-corrected chi connectivity index (χ2v) is 23.3. The molecule has 0 atom stereocenters. The van der Waals surface area contributed by atoms with Crippen molar-refractivity contribution in [3.8, 4) is 23.0 Å². The van der Waals surface area contributed by atoms with Gasteiger partial charge in [0.15, 0.2) is 0 Å². The predicted octanol–water partition coefficient (Wildman–Crippen LogP) is 16.2. The molecule has 0 aliphatic heterocycles. The Balaban J connectivity index is 1.94. The van der Waals surface area contributed by atoms with Crippen LogP contribution in [0, 0.1) is 0 Å². The summed E-state index contributed by atoms with van der Waals surface area (Å²) in [5.41, 5.74) is 39.8. The van der Waals surface area contributed by atoms with Crippen molar-refractivity contribution in [3.63, 3.8) is 0 Å². The van der Waals surface area contributed by atoms with Crippen molar-refractivity contribution in [2.75, 3.05) is 52.6 Å². The molecule has 8 bridgehead atoms. The van der Waals surface area contributed by atoms with Crippen molar-refractivity contribution in [3.05, 3.63) is 115 Å². The molecule has 8 N–H and O–H groups in total. The third kappa shape index (κ3) is 22.4. The fraction of sp³-hybridized carbons (Fsp3) is 0.611. The second kappa shape index (κ2) is 39.6. The van der Waals surface area contributed by atoms with Gasteiger partial charge in [-0.05, 0) is 144 Å². The number of fused-ring (bicyclic) bond motifs is 8. The van der Waals surface area contributed by atoms with Gasteiger partial charge in [0.2, 0.25) is 0 Å². The minimum Gasteiger partial charge on any atom is -0.493 e. The van der Waals surface area contributed by atoms with E-state index in [9.17, 15) is 0 Å². The summed E-state index contributed by atoms with van der Waals surface area (Å²) in [6.07, 6.45) is 28.0. The van der Waals surface area contributed by atoms with Crippen LogP contribution in [0.5, 0.6) is 23.0 Å². The summed E-state index contributed by atoms with van der Waals surface area (Å²) in [4.78, 5) is 20.2. The molecule has 4 aromatic rings. The Morgan fingerprint density at radius 1 is 0.274 bits per heavy atom. The smallest absolute Gasteiger partial charge is 0.126 e. The number of nitrogens with zero attached hydrogens (tertiary/aromatic N) is 4. The molecule has 0 aromatic heterocycles. The first kappa shape index (κ1) is 68.7. The molecule has 12 nitrogen and oxygen atoms in total. The molecule has 0 unspecified atom stereocenters. The largest absolute Gasteiger partial charge is 0.493 e. The lowest BCUT2D eigenvalue weighted by atomic mass is 9.88. The van der Waals surface area contributed by atoms with Crippen LogP contribution in [0.15, 0.2) is 68.5 Å². The van der Waals surface area contributed by atoms with E-state index in [0.29, 0.717) is 102 Å². The Hall–Kier alpha value is -6.04. The molecule has 0 radical (unpaired) electrons. The molecule has 1 aliphatic rings. The zero-order valence-electron chi connectivity index (χ0n) is 53.8. The minimum atomic E-state index is 0.457. The average molecular weight is 1150 g/mol. The SMILES string of the molecule is CCCCCCCN=C(N)c1cc2c(OCCC)c(c1)Cc1cc(C(N)=NCCCCCCC)cc(c1OCCC)Cc1cc(C(N)=NCCCCCCC)cc(c1OCCC)Cc1cc(C(N)=NCCCCCCC)cc(c1OCCC)C2. The van der Waals surface area contributed by atoms with Gasteiger partial charge >= 0.3 is 0 Å². The molecular formula is C72H112N8O4.